The molecule has 2 aromatic heterocycles. The lowest BCUT2D eigenvalue weighted by molar-refractivity contribution is -0.142. The number of nitrogens with zero attached hydrogens (tertiary/aromatic N) is 6. The van der Waals surface area contributed by atoms with Crippen molar-refractivity contribution >= 4 is 65.4 Å². The van der Waals surface area contributed by atoms with E-state index in [2.05, 4.69) is 90.6 Å². The zero-order chi connectivity index (χ0) is 37.8. The van der Waals surface area contributed by atoms with Crippen molar-refractivity contribution in [1.29, 1.82) is 0 Å². The summed E-state index contributed by atoms with van der Waals surface area (Å²) in [6, 6.07) is 17.6. The average Bonchev–Trinajstić information content (AvgIpc) is 3.68. The first kappa shape index (κ1) is 40.7. The molecule has 0 saturated carbocycles. The Hall–Kier alpha value is -4.04. The van der Waals surface area contributed by atoms with Gasteiger partial charge in [-0.15, -0.1) is 20.5 Å². The maximum Gasteiger partial charge on any atom is 0.330 e. The van der Waals surface area contributed by atoms with Gasteiger partial charge in [0, 0.05) is 41.1 Å². The molecule has 0 saturated heterocycles. The first-order valence-electron chi connectivity index (χ1n) is 17.5. The van der Waals surface area contributed by atoms with Crippen molar-refractivity contribution < 1.29 is 23.7 Å². The van der Waals surface area contributed by atoms with Crippen molar-refractivity contribution in [3.05, 3.63) is 67.3 Å². The van der Waals surface area contributed by atoms with Crippen LogP contribution in [-0.2, 0) is 19.0 Å². The van der Waals surface area contributed by atoms with Gasteiger partial charge in [-0.3, -0.25) is 0 Å². The molecule has 0 fully saturated rings. The number of benzene rings is 2. The van der Waals surface area contributed by atoms with Crippen LogP contribution in [0.15, 0.2) is 87.7 Å². The minimum atomic E-state index is -0.427. The van der Waals surface area contributed by atoms with E-state index in [1.54, 1.807) is 0 Å². The Morgan fingerprint density at radius 1 is 0.750 bits per heavy atom. The lowest BCUT2D eigenvalue weighted by atomic mass is 9.93. The Bertz CT molecular complexity index is 1760. The highest BCUT2D eigenvalue weighted by atomic mass is 32.1. The Kier molecular flexibility index (Phi) is 14.6. The van der Waals surface area contributed by atoms with E-state index in [1.165, 1.54) is 34.4 Å². The molecule has 13 heteroatoms. The zero-order valence-electron chi connectivity index (χ0n) is 31.7. The number of aromatic nitrogens is 1. The summed E-state index contributed by atoms with van der Waals surface area (Å²) in [6.07, 6.45) is 1.17. The van der Waals surface area contributed by atoms with Gasteiger partial charge in [0.05, 0.1) is 55.7 Å². The molecule has 52 heavy (non-hydrogen) atoms. The van der Waals surface area contributed by atoms with Crippen LogP contribution < -0.4 is 9.64 Å². The van der Waals surface area contributed by atoms with Crippen LogP contribution in [0.1, 0.15) is 55.4 Å². The van der Waals surface area contributed by atoms with E-state index in [9.17, 15) is 4.79 Å². The highest BCUT2D eigenvalue weighted by Crippen LogP contribution is 2.39. The number of thiophene rings is 1. The molecular formula is C39H52N6O5S2. The predicted molar refractivity (Wildman–Crippen MR) is 212 cm³/mol. The number of hydrogen-bond donors (Lipinski definition) is 0. The average molecular weight is 749 g/mol. The van der Waals surface area contributed by atoms with Gasteiger partial charge >= 0.3 is 5.97 Å². The summed E-state index contributed by atoms with van der Waals surface area (Å²) >= 11 is 2.95. The summed E-state index contributed by atoms with van der Waals surface area (Å²) in [5.41, 5.74) is 2.01. The number of thiazole rings is 1. The predicted octanol–water partition coefficient (Wildman–Crippen LogP) is 11.3. The van der Waals surface area contributed by atoms with Crippen molar-refractivity contribution in [2.45, 2.75) is 55.4 Å². The molecule has 0 aliphatic heterocycles. The summed E-state index contributed by atoms with van der Waals surface area (Å²) in [7, 11) is 0. The van der Waals surface area contributed by atoms with Crippen LogP contribution >= 0.6 is 22.7 Å². The van der Waals surface area contributed by atoms with Gasteiger partial charge in [-0.25, -0.2) is 9.78 Å². The van der Waals surface area contributed by atoms with E-state index < -0.39 is 5.97 Å². The van der Waals surface area contributed by atoms with E-state index in [4.69, 9.17) is 18.9 Å². The smallest absolute Gasteiger partial charge is 0.330 e. The first-order valence-corrected chi connectivity index (χ1v) is 19.1. The molecule has 4 aromatic rings. The second-order valence-electron chi connectivity index (χ2n) is 14.9. The van der Waals surface area contributed by atoms with E-state index in [0.717, 1.165) is 44.7 Å². The van der Waals surface area contributed by atoms with Crippen LogP contribution in [0.3, 0.4) is 0 Å². The normalized spacial score (nSPS) is 12.6. The largest absolute Gasteiger partial charge is 0.493 e. The van der Waals surface area contributed by atoms with Crippen LogP contribution in [0.5, 0.6) is 5.75 Å². The summed E-state index contributed by atoms with van der Waals surface area (Å²) in [5.74, 6) is 0.327. The minimum Gasteiger partial charge on any atom is -0.493 e. The number of esters is 1. The van der Waals surface area contributed by atoms with E-state index in [0.29, 0.717) is 38.2 Å². The maximum absolute atomic E-state index is 11.4. The van der Waals surface area contributed by atoms with Gasteiger partial charge in [-0.2, -0.15) is 0 Å². The van der Waals surface area contributed by atoms with Gasteiger partial charge in [0.1, 0.15) is 15.6 Å². The summed E-state index contributed by atoms with van der Waals surface area (Å²) in [6.45, 7) is 24.9. The molecule has 2 heterocycles. The molecule has 280 valence electrons. The second kappa shape index (κ2) is 18.6. The zero-order valence-corrected chi connectivity index (χ0v) is 33.3. The van der Waals surface area contributed by atoms with Crippen LogP contribution in [0, 0.1) is 16.2 Å². The van der Waals surface area contributed by atoms with E-state index in [1.807, 2.05) is 56.3 Å². The molecule has 4 rings (SSSR count). The number of ether oxygens (including phenoxy) is 4. The number of anilines is 1. The standard InChI is InChI=1S/C39H52N6O5S2/c1-10-34(46)50-27-39(8,9)25-48-23-37(4,5)22-47-24-38(6,7)26-49-31-19-15-29(16-20-31)41-43-33-21-32-35(52-33)40-36(51-32)44-42-28-13-17-30(18-14-28)45(11-2)12-3/h10,13-21H,1,11-12,22-27H2,2-9H3. The highest BCUT2D eigenvalue weighted by molar-refractivity contribution is 7.30. The lowest BCUT2D eigenvalue weighted by Gasteiger charge is -2.30. The van der Waals surface area contributed by atoms with Gasteiger partial charge in [0.2, 0.25) is 5.13 Å². The minimum absolute atomic E-state index is 0.182. The number of hydrogen-bond acceptors (Lipinski definition) is 13. The second-order valence-corrected chi connectivity index (χ2v) is 16.9. The van der Waals surface area contributed by atoms with Gasteiger partial charge in [-0.1, -0.05) is 70.8 Å². The molecule has 11 nitrogen and oxygen atoms in total. The monoisotopic (exact) mass is 748 g/mol. The molecule has 0 radical (unpaired) electrons. The van der Waals surface area contributed by atoms with Gasteiger partial charge in [-0.05, 0) is 68.4 Å². The Labute approximate surface area is 315 Å². The molecule has 0 amide bonds. The van der Waals surface area contributed by atoms with Crippen LogP contribution in [-0.4, -0.2) is 63.7 Å². The Morgan fingerprint density at radius 2 is 1.29 bits per heavy atom. The Morgan fingerprint density at radius 3 is 1.85 bits per heavy atom. The number of rotatable bonds is 21. The van der Waals surface area contributed by atoms with Crippen LogP contribution in [0.2, 0.25) is 0 Å². The van der Waals surface area contributed by atoms with Gasteiger partial charge < -0.3 is 23.8 Å². The van der Waals surface area contributed by atoms with Crippen molar-refractivity contribution in [3.63, 3.8) is 0 Å². The third-order valence-electron chi connectivity index (χ3n) is 7.77. The van der Waals surface area contributed by atoms with E-state index in [-0.39, 0.29) is 22.9 Å². The Balaban J connectivity index is 1.18. The topological polar surface area (TPSA) is 120 Å². The number of fused-ring (bicyclic) bond motifs is 1. The quantitative estimate of drug-likeness (QED) is 0.0472. The van der Waals surface area contributed by atoms with Crippen molar-refractivity contribution in [2.24, 2.45) is 36.7 Å². The third kappa shape index (κ3) is 13.2. The molecule has 0 N–H and O–H groups in total. The van der Waals surface area contributed by atoms with Crippen LogP contribution in [0.25, 0.3) is 9.53 Å². The number of carbonyl (C=O) groups excluding carboxylic acids is 1. The first-order chi connectivity index (χ1) is 24.7. The van der Waals surface area contributed by atoms with Crippen molar-refractivity contribution in [2.75, 3.05) is 57.6 Å². The number of carbonyl (C=O) groups is 1. The van der Waals surface area contributed by atoms with Crippen molar-refractivity contribution in [1.82, 2.24) is 4.98 Å². The molecular weight excluding hydrogens is 697 g/mol. The molecule has 0 aliphatic rings. The number of azo groups is 2. The summed E-state index contributed by atoms with van der Waals surface area (Å²) in [5, 5.41) is 18.9. The molecule has 0 aliphatic carbocycles. The molecule has 0 unspecified atom stereocenters. The fourth-order valence-corrected chi connectivity index (χ4v) is 6.72. The SMILES string of the molecule is C=CC(=O)OCC(C)(C)COCC(C)(C)COCC(C)(C)COc1ccc(N=Nc2cc3sc(N=Nc4ccc(N(CC)CC)cc4)nc3s2)cc1. The lowest BCUT2D eigenvalue weighted by Crippen LogP contribution is -2.33. The summed E-state index contributed by atoms with van der Waals surface area (Å²) < 4.78 is 24.3. The molecule has 0 spiro atoms. The molecule has 0 bridgehead atoms. The third-order valence-corrected chi connectivity index (χ3v) is 9.70. The van der Waals surface area contributed by atoms with Gasteiger partial charge in [0.15, 0.2) is 0 Å². The highest BCUT2D eigenvalue weighted by Gasteiger charge is 2.26. The van der Waals surface area contributed by atoms with Crippen molar-refractivity contribution in [3.8, 4) is 5.75 Å². The summed E-state index contributed by atoms with van der Waals surface area (Å²) in [4.78, 5) is 19.1. The van der Waals surface area contributed by atoms with Gasteiger partial charge in [0.25, 0.3) is 0 Å². The molecule has 0 atom stereocenters. The fourth-order valence-electron chi connectivity index (χ4n) is 4.88. The van der Waals surface area contributed by atoms with Crippen LogP contribution in [0.4, 0.5) is 27.2 Å². The molecule has 2 aromatic carbocycles. The van der Waals surface area contributed by atoms with E-state index >= 15 is 0 Å². The fraction of sp³-hybridized carbons (Fsp3) is 0.487. The maximum atomic E-state index is 11.4.